The maximum atomic E-state index is 11.9. The topological polar surface area (TPSA) is 63.4 Å². The first-order chi connectivity index (χ1) is 8.89. The van der Waals surface area contributed by atoms with E-state index in [1.807, 2.05) is 30.0 Å². The van der Waals surface area contributed by atoms with Crippen LogP contribution >= 0.6 is 11.8 Å². The number of nitrogen functional groups attached to an aromatic ring is 1. The van der Waals surface area contributed by atoms with Crippen molar-refractivity contribution in [3.05, 3.63) is 29.3 Å². The fourth-order valence-electron chi connectivity index (χ4n) is 2.28. The molecule has 2 N–H and O–H groups in total. The van der Waals surface area contributed by atoms with Crippen molar-refractivity contribution in [2.45, 2.75) is 18.8 Å². The molecular weight excluding hydrogens is 280 g/mol. The number of thioether (sulfide) groups is 1. The first kappa shape index (κ1) is 14.7. The van der Waals surface area contributed by atoms with Gasteiger partial charge < -0.3 is 5.73 Å². The summed E-state index contributed by atoms with van der Waals surface area (Å²) in [5, 5.41) is -0.382. The van der Waals surface area contributed by atoms with Crippen molar-refractivity contribution in [1.29, 1.82) is 0 Å². The van der Waals surface area contributed by atoms with Gasteiger partial charge in [0.05, 0.1) is 0 Å². The third-order valence-corrected chi connectivity index (χ3v) is 6.23. The van der Waals surface area contributed by atoms with Gasteiger partial charge in [-0.15, -0.1) is 0 Å². The van der Waals surface area contributed by atoms with E-state index in [2.05, 4.69) is 0 Å². The van der Waals surface area contributed by atoms with Gasteiger partial charge in [-0.05, 0) is 24.1 Å². The fraction of sp³-hybridized carbons (Fsp3) is 0.538. The molecule has 0 radical (unpaired) electrons. The van der Waals surface area contributed by atoms with Crippen LogP contribution in [-0.2, 0) is 16.4 Å². The van der Waals surface area contributed by atoms with Crippen molar-refractivity contribution >= 4 is 27.3 Å². The number of rotatable bonds is 3. The Morgan fingerprint density at radius 1 is 1.47 bits per heavy atom. The predicted molar refractivity (Wildman–Crippen MR) is 82.0 cm³/mol. The largest absolute Gasteiger partial charge is 0.399 e. The number of nitrogens with zero attached hydrogens (tertiary/aromatic N) is 1. The first-order valence-electron chi connectivity index (χ1n) is 6.24. The average Bonchev–Trinajstić information content (AvgIpc) is 2.34. The summed E-state index contributed by atoms with van der Waals surface area (Å²) in [5.41, 5.74) is 8.83. The number of sulfone groups is 1. The third-order valence-electron chi connectivity index (χ3n) is 3.55. The minimum atomic E-state index is -3.04. The summed E-state index contributed by atoms with van der Waals surface area (Å²) in [6, 6.07) is 5.82. The van der Waals surface area contributed by atoms with Crippen LogP contribution in [0.25, 0.3) is 0 Å². The molecule has 1 unspecified atom stereocenters. The molecule has 0 aromatic heterocycles. The van der Waals surface area contributed by atoms with Gasteiger partial charge in [0, 0.05) is 36.5 Å². The standard InChI is InChI=1S/C13H20N2O2S2/c1-10-11(4-3-5-12(10)14)8-15-6-7-18-9-13(15)19(2,16)17/h3-5,13H,6-9,14H2,1-2H3. The van der Waals surface area contributed by atoms with Crippen molar-refractivity contribution in [1.82, 2.24) is 4.90 Å². The monoisotopic (exact) mass is 300 g/mol. The van der Waals surface area contributed by atoms with Crippen LogP contribution in [0.5, 0.6) is 0 Å². The zero-order valence-corrected chi connectivity index (χ0v) is 12.9. The van der Waals surface area contributed by atoms with E-state index in [0.717, 1.165) is 29.1 Å². The van der Waals surface area contributed by atoms with Crippen LogP contribution in [0.15, 0.2) is 18.2 Å². The van der Waals surface area contributed by atoms with Crippen LogP contribution < -0.4 is 5.73 Å². The highest BCUT2D eigenvalue weighted by atomic mass is 32.2. The van der Waals surface area contributed by atoms with Crippen molar-refractivity contribution < 1.29 is 8.42 Å². The number of nitrogens with two attached hydrogens (primary N) is 1. The summed E-state index contributed by atoms with van der Waals surface area (Å²) < 4.78 is 23.7. The van der Waals surface area contributed by atoms with Gasteiger partial charge in [0.1, 0.15) is 5.37 Å². The van der Waals surface area contributed by atoms with Crippen molar-refractivity contribution in [3.8, 4) is 0 Å². The van der Waals surface area contributed by atoms with E-state index in [-0.39, 0.29) is 5.37 Å². The highest BCUT2D eigenvalue weighted by Gasteiger charge is 2.31. The molecule has 1 heterocycles. The summed E-state index contributed by atoms with van der Waals surface area (Å²) >= 11 is 1.71. The van der Waals surface area contributed by atoms with E-state index < -0.39 is 9.84 Å². The molecule has 0 spiro atoms. The molecule has 1 aliphatic rings. The maximum absolute atomic E-state index is 11.9. The lowest BCUT2D eigenvalue weighted by molar-refractivity contribution is 0.262. The van der Waals surface area contributed by atoms with Gasteiger partial charge in [-0.25, -0.2) is 8.42 Å². The van der Waals surface area contributed by atoms with Crippen LogP contribution in [0.2, 0.25) is 0 Å². The Morgan fingerprint density at radius 2 is 2.21 bits per heavy atom. The maximum Gasteiger partial charge on any atom is 0.164 e. The molecule has 19 heavy (non-hydrogen) atoms. The van der Waals surface area contributed by atoms with Crippen LogP contribution in [0.1, 0.15) is 11.1 Å². The molecular formula is C13H20N2O2S2. The Morgan fingerprint density at radius 3 is 2.89 bits per heavy atom. The Balaban J connectivity index is 2.23. The smallest absolute Gasteiger partial charge is 0.164 e. The van der Waals surface area contributed by atoms with Crippen molar-refractivity contribution in [2.75, 3.05) is 30.0 Å². The highest BCUT2D eigenvalue weighted by molar-refractivity contribution is 8.00. The number of hydrogen-bond acceptors (Lipinski definition) is 5. The van der Waals surface area contributed by atoms with E-state index in [1.54, 1.807) is 11.8 Å². The molecule has 1 saturated heterocycles. The van der Waals surface area contributed by atoms with Crippen LogP contribution in [-0.4, -0.2) is 43.0 Å². The van der Waals surface area contributed by atoms with E-state index >= 15 is 0 Å². The first-order valence-corrected chi connectivity index (χ1v) is 9.35. The van der Waals surface area contributed by atoms with Gasteiger partial charge in [0.2, 0.25) is 0 Å². The Bertz CT molecular complexity index is 558. The lowest BCUT2D eigenvalue weighted by atomic mass is 10.1. The van der Waals surface area contributed by atoms with E-state index in [0.29, 0.717) is 12.3 Å². The third kappa shape index (κ3) is 3.43. The molecule has 1 aromatic carbocycles. The molecule has 1 fully saturated rings. The second-order valence-corrected chi connectivity index (χ2v) is 8.31. The summed E-state index contributed by atoms with van der Waals surface area (Å²) in [4.78, 5) is 2.05. The SMILES string of the molecule is Cc1c(N)cccc1CN1CCSCC1S(C)(=O)=O. The number of hydrogen-bond donors (Lipinski definition) is 1. The van der Waals surface area contributed by atoms with Gasteiger partial charge in [-0.2, -0.15) is 11.8 Å². The molecule has 6 heteroatoms. The van der Waals surface area contributed by atoms with Gasteiger partial charge in [-0.3, -0.25) is 4.90 Å². The normalized spacial score (nSPS) is 21.5. The zero-order chi connectivity index (χ0) is 14.0. The molecule has 1 atom stereocenters. The second kappa shape index (κ2) is 5.73. The summed E-state index contributed by atoms with van der Waals surface area (Å²) in [6.07, 6.45) is 1.32. The Labute approximate surface area is 119 Å². The minimum Gasteiger partial charge on any atom is -0.399 e. The van der Waals surface area contributed by atoms with Gasteiger partial charge >= 0.3 is 0 Å². The van der Waals surface area contributed by atoms with Crippen molar-refractivity contribution in [3.63, 3.8) is 0 Å². The molecule has 106 valence electrons. The number of benzene rings is 1. The Kier molecular flexibility index (Phi) is 4.43. The summed E-state index contributed by atoms with van der Waals surface area (Å²) in [5.74, 6) is 1.63. The molecule has 0 saturated carbocycles. The number of anilines is 1. The molecule has 0 amide bonds. The molecule has 0 bridgehead atoms. The fourth-order valence-corrected chi connectivity index (χ4v) is 5.23. The molecule has 1 aliphatic heterocycles. The van der Waals surface area contributed by atoms with E-state index in [1.165, 1.54) is 6.26 Å². The predicted octanol–water partition coefficient (Wildman–Crippen LogP) is 1.50. The Hall–Kier alpha value is -0.720. The lowest BCUT2D eigenvalue weighted by Gasteiger charge is -2.34. The molecule has 4 nitrogen and oxygen atoms in total. The zero-order valence-electron chi connectivity index (χ0n) is 11.3. The lowest BCUT2D eigenvalue weighted by Crippen LogP contribution is -2.46. The van der Waals surface area contributed by atoms with Gasteiger partial charge in [0.15, 0.2) is 9.84 Å². The summed E-state index contributed by atoms with van der Waals surface area (Å²) in [6.45, 7) is 3.44. The second-order valence-electron chi connectivity index (χ2n) is 4.96. The minimum absolute atomic E-state index is 0.382. The van der Waals surface area contributed by atoms with Gasteiger partial charge in [-0.1, -0.05) is 12.1 Å². The van der Waals surface area contributed by atoms with E-state index in [9.17, 15) is 8.42 Å². The van der Waals surface area contributed by atoms with Crippen LogP contribution in [0.4, 0.5) is 5.69 Å². The molecule has 1 aromatic rings. The molecule has 0 aliphatic carbocycles. The van der Waals surface area contributed by atoms with Crippen LogP contribution in [0.3, 0.4) is 0 Å². The van der Waals surface area contributed by atoms with Crippen molar-refractivity contribution in [2.24, 2.45) is 0 Å². The van der Waals surface area contributed by atoms with Gasteiger partial charge in [0.25, 0.3) is 0 Å². The average molecular weight is 300 g/mol. The molecule has 2 rings (SSSR count). The quantitative estimate of drug-likeness (QED) is 0.857. The van der Waals surface area contributed by atoms with Crippen LogP contribution in [0, 0.1) is 6.92 Å². The van der Waals surface area contributed by atoms with E-state index in [4.69, 9.17) is 5.73 Å². The highest BCUT2D eigenvalue weighted by Crippen LogP contribution is 2.24. The summed E-state index contributed by atoms with van der Waals surface area (Å²) in [7, 11) is -3.04.